The number of nitrogens with zero attached hydrogens (tertiary/aromatic N) is 25. The second kappa shape index (κ2) is 45.7. The lowest BCUT2D eigenvalue weighted by atomic mass is 9.99. The van der Waals surface area contributed by atoms with Gasteiger partial charge in [0.15, 0.2) is 23.3 Å². The number of piperidine rings is 1. The molecular formula is C89H122N34O10. The Labute approximate surface area is 771 Å². The Balaban J connectivity index is 0.000000143. The first-order chi connectivity index (χ1) is 64.6. The second-order valence-electron chi connectivity index (χ2n) is 33.3. The Kier molecular flexibility index (Phi) is 32.6. The van der Waals surface area contributed by atoms with E-state index in [9.17, 15) is 15.3 Å². The number of hydrogen-bond donors (Lipinski definition) is 12. The van der Waals surface area contributed by atoms with Gasteiger partial charge in [0.2, 0.25) is 47.6 Å². The lowest BCUT2D eigenvalue weighted by Crippen LogP contribution is -2.45. The van der Waals surface area contributed by atoms with Crippen molar-refractivity contribution >= 4 is 111 Å². The number of benzene rings is 4. The van der Waals surface area contributed by atoms with Crippen molar-refractivity contribution in [2.24, 2.45) is 17.8 Å². The van der Waals surface area contributed by atoms with Crippen LogP contribution < -0.4 is 93.1 Å². The van der Waals surface area contributed by atoms with Crippen LogP contribution in [0.5, 0.6) is 17.2 Å². The first-order valence-electron chi connectivity index (χ1n) is 44.5. The largest absolute Gasteiger partial charge is 0.494 e. The topological polar surface area (TPSA) is 522 Å². The molecule has 5 atom stereocenters. The average molecular weight is 1830 g/mol. The van der Waals surface area contributed by atoms with Gasteiger partial charge < -0.3 is 127 Å². The zero-order valence-electron chi connectivity index (χ0n) is 76.8. The Hall–Kier alpha value is -14.1. The van der Waals surface area contributed by atoms with Crippen LogP contribution in [0.2, 0.25) is 0 Å². The van der Waals surface area contributed by atoms with E-state index < -0.39 is 0 Å². The van der Waals surface area contributed by atoms with Gasteiger partial charge in [0.05, 0.1) is 116 Å². The lowest BCUT2D eigenvalue weighted by molar-refractivity contribution is -0.00522. The number of nitrogens with one attached hydrogen (secondary N) is 5. The number of morpholine rings is 4. The highest BCUT2D eigenvalue weighted by Gasteiger charge is 2.28. The first-order valence-corrected chi connectivity index (χ1v) is 44.5. The molecule has 13 heterocycles. The summed E-state index contributed by atoms with van der Waals surface area (Å²) in [6.07, 6.45) is 10.2. The minimum Gasteiger partial charge on any atom is -0.494 e. The van der Waals surface area contributed by atoms with Gasteiger partial charge in [-0.1, -0.05) is 33.8 Å². The molecule has 0 amide bonds. The van der Waals surface area contributed by atoms with Gasteiger partial charge in [-0.15, -0.1) is 20.4 Å². The van der Waals surface area contributed by atoms with Crippen molar-refractivity contribution in [1.29, 1.82) is 0 Å². The summed E-state index contributed by atoms with van der Waals surface area (Å²) in [5.74, 6) is 9.41. The van der Waals surface area contributed by atoms with Gasteiger partial charge in [-0.3, -0.25) is 0 Å². The third-order valence-corrected chi connectivity index (χ3v) is 22.6. The standard InChI is InChI=1S/C24H35N9O3.C23H31N9O3.C23H33N9O3.C19H23N7O/c1-16(2)11-18(14-34)31(3)21-13-22(27-15-26-21)33-23(25)29-24(30-33)28-19-6-5-17(12-20(19)35-4)32-7-9-36-10-8-32;1-34-19-11-17(30-7-9-35-10-8-30)4-5-18(19)27-23-28-22(24)32(29-23)21-12-20(25-15-26-21)31-6-2-3-16(13-31)14-33;1-15(2)10-16(13-33)27-20-12-21(26-14-25-20)32-22(24)29-23(30-32)28-18-5-4-17(11-19(18)34-3)31-6-8-35-9-7-31;1-13-11-25(12-14(2)27-13)16-8-6-15(7-9-16)22-19-23-18(20)26(24-19)17-5-3-4-10-21-17/h5-6,12-13,15-16,18,34H,7-11,14H2,1-4H3,(H3,25,28,29,30);4-5,11-12,15-16,33H,2-3,6-10,13-14H2,1H3,(H3,24,27,28,29);4-5,11-12,14-16,33H,6-10,13H2,1-3H3,(H,25,26,27)(H3,24,28,29,30);3-10,13-14H,11-12H2,1-2H3,(H3,20,22,23,24)/t18-;2*16-;13-,14+/m010./s1. The molecule has 133 heavy (non-hydrogen) atoms. The van der Waals surface area contributed by atoms with E-state index in [0.717, 1.165) is 125 Å². The van der Waals surface area contributed by atoms with Crippen LogP contribution in [-0.4, -0.2) is 287 Å². The Morgan fingerprint density at radius 2 is 0.880 bits per heavy atom. The molecule has 0 bridgehead atoms. The van der Waals surface area contributed by atoms with Crippen molar-refractivity contribution in [3.8, 4) is 40.5 Å². The number of aromatic nitrogens is 19. The number of aliphatic hydroxyl groups excluding tert-OH is 3. The molecule has 0 aliphatic carbocycles. The molecule has 0 saturated carbocycles. The van der Waals surface area contributed by atoms with Crippen LogP contribution in [0.3, 0.4) is 0 Å². The monoisotopic (exact) mass is 1830 g/mol. The molecule has 44 nitrogen and oxygen atoms in total. The number of pyridine rings is 1. The minimum atomic E-state index is -0.115. The van der Waals surface area contributed by atoms with Crippen LogP contribution in [0.25, 0.3) is 23.3 Å². The van der Waals surface area contributed by atoms with Crippen LogP contribution in [0.1, 0.15) is 67.2 Å². The zero-order chi connectivity index (χ0) is 93.4. The normalized spacial score (nSPS) is 16.7. The fourth-order valence-electron chi connectivity index (χ4n) is 16.0. The number of hydrogen-bond acceptors (Lipinski definition) is 40. The maximum atomic E-state index is 9.86. The number of ether oxygens (including phenoxy) is 7. The van der Waals surface area contributed by atoms with Crippen LogP contribution >= 0.6 is 0 Å². The number of likely N-dealkylation sites (N-methyl/N-ethyl adjacent to an activating group) is 1. The van der Waals surface area contributed by atoms with E-state index in [2.05, 4.69) is 180 Å². The molecule has 708 valence electrons. The van der Waals surface area contributed by atoms with E-state index in [4.69, 9.17) is 56.1 Å². The second-order valence-corrected chi connectivity index (χ2v) is 33.3. The number of aliphatic hydroxyl groups is 3. The van der Waals surface area contributed by atoms with E-state index >= 15 is 0 Å². The van der Waals surface area contributed by atoms with Gasteiger partial charge in [0.25, 0.3) is 0 Å². The number of anilines is 19. The summed E-state index contributed by atoms with van der Waals surface area (Å²) >= 11 is 0. The summed E-state index contributed by atoms with van der Waals surface area (Å²) in [7, 11) is 6.79. The van der Waals surface area contributed by atoms with Crippen LogP contribution in [0.4, 0.5) is 111 Å². The number of nitrogens with two attached hydrogens (primary N) is 4. The molecule has 44 heteroatoms. The summed E-state index contributed by atoms with van der Waals surface area (Å²) in [5, 5.41) is 62.9. The Morgan fingerprint density at radius 3 is 1.32 bits per heavy atom. The van der Waals surface area contributed by atoms with Gasteiger partial charge >= 0.3 is 0 Å². The zero-order valence-corrected chi connectivity index (χ0v) is 76.8. The predicted octanol–water partition coefficient (Wildman–Crippen LogP) is 8.16. The third-order valence-electron chi connectivity index (χ3n) is 22.6. The summed E-state index contributed by atoms with van der Waals surface area (Å²) in [6.45, 7) is 25.6. The van der Waals surface area contributed by atoms with E-state index in [1.54, 1.807) is 39.7 Å². The molecule has 0 radical (unpaired) electrons. The van der Waals surface area contributed by atoms with Crippen LogP contribution in [0.15, 0.2) is 140 Å². The fraction of sp³-hybridized carbons (Fsp3) is 0.449. The van der Waals surface area contributed by atoms with E-state index in [0.29, 0.717) is 139 Å². The van der Waals surface area contributed by atoms with Gasteiger partial charge in [0, 0.05) is 150 Å². The number of methoxy groups -OCH3 is 3. The Bertz CT molecular complexity index is 5660. The highest BCUT2D eigenvalue weighted by Crippen LogP contribution is 2.37. The molecular weight excluding hydrogens is 1710 g/mol. The van der Waals surface area contributed by atoms with Crippen molar-refractivity contribution in [3.63, 3.8) is 0 Å². The lowest BCUT2D eigenvalue weighted by Gasteiger charge is -2.36. The van der Waals surface area contributed by atoms with E-state index in [1.165, 1.54) is 43.4 Å². The molecule has 5 fully saturated rings. The van der Waals surface area contributed by atoms with Crippen molar-refractivity contribution in [2.75, 3.05) is 232 Å². The summed E-state index contributed by atoms with van der Waals surface area (Å²) in [6, 6.07) is 36.7. The molecule has 12 aromatic rings. The van der Waals surface area contributed by atoms with E-state index in [1.807, 2.05) is 103 Å². The molecule has 0 unspecified atom stereocenters. The van der Waals surface area contributed by atoms with Crippen molar-refractivity contribution in [2.45, 2.75) is 91.5 Å². The van der Waals surface area contributed by atoms with Crippen LogP contribution in [-0.2, 0) is 18.9 Å². The maximum Gasteiger partial charge on any atom is 0.249 e. The minimum absolute atomic E-state index is 0.00318. The summed E-state index contributed by atoms with van der Waals surface area (Å²) < 4.78 is 44.8. The number of rotatable bonds is 31. The highest BCUT2D eigenvalue weighted by molar-refractivity contribution is 5.72. The predicted molar refractivity (Wildman–Crippen MR) is 512 cm³/mol. The van der Waals surface area contributed by atoms with Crippen molar-refractivity contribution < 1.29 is 48.5 Å². The third kappa shape index (κ3) is 25.2. The van der Waals surface area contributed by atoms with Gasteiger partial charge in [-0.05, 0) is 130 Å². The molecule has 4 aromatic carbocycles. The van der Waals surface area contributed by atoms with Gasteiger partial charge in [-0.25, -0.2) is 34.9 Å². The van der Waals surface area contributed by atoms with Gasteiger partial charge in [0.1, 0.15) is 53.7 Å². The molecule has 16 N–H and O–H groups in total. The maximum absolute atomic E-state index is 9.86. The summed E-state index contributed by atoms with van der Waals surface area (Å²) in [4.78, 5) is 60.8. The SMILES string of the molecule is COc1cc(N2CCOCC2)ccc1Nc1nc(N)n(-c2cc(N(C)[C@H](CO)CC(C)C)ncn2)n1.COc1cc(N2CCOCC2)ccc1Nc1nc(N)n(-c2cc(N3CCC[C@@H](CO)C3)ncn2)n1.COc1cc(N2CCOCC2)ccc1Nc1nc(N)n(-c2cc(N[C@H](CO)CC(C)C)ncn2)n1.C[C@@H]1CN(c2ccc(Nc3nc(N)n(-c4ccccn4)n3)cc2)C[C@H](C)O1. The highest BCUT2D eigenvalue weighted by atomic mass is 16.5. The van der Waals surface area contributed by atoms with Crippen LogP contribution in [0, 0.1) is 17.8 Å². The first kappa shape index (κ1) is 95.0. The Morgan fingerprint density at radius 1 is 0.444 bits per heavy atom. The molecule has 8 aromatic heterocycles. The molecule has 5 saturated heterocycles. The molecule has 5 aliphatic rings. The smallest absolute Gasteiger partial charge is 0.249 e. The van der Waals surface area contributed by atoms with Crippen molar-refractivity contribution in [3.05, 3.63) is 140 Å². The van der Waals surface area contributed by atoms with Gasteiger partial charge in [-0.2, -0.15) is 38.7 Å². The molecule has 5 aliphatic heterocycles. The summed E-state index contributed by atoms with van der Waals surface area (Å²) in [5.41, 5.74) is 31.9. The van der Waals surface area contributed by atoms with E-state index in [-0.39, 0.29) is 73.8 Å². The average Bonchev–Trinajstić information content (AvgIpc) is 1.66. The number of nitrogen functional groups attached to an aromatic ring is 4. The molecule has 0 spiro atoms. The molecule has 17 rings (SSSR count). The quantitative estimate of drug-likeness (QED) is 0.0195. The van der Waals surface area contributed by atoms with Crippen molar-refractivity contribution in [1.82, 2.24) is 93.9 Å². The fourth-order valence-corrected chi connectivity index (χ4v) is 16.0.